The van der Waals surface area contributed by atoms with Gasteiger partial charge in [-0.05, 0) is 42.5 Å². The number of carbonyl (C=O) groups excluding carboxylic acids is 1. The summed E-state index contributed by atoms with van der Waals surface area (Å²) in [7, 11) is 0. The van der Waals surface area contributed by atoms with E-state index in [4.69, 9.17) is 4.74 Å². The Hall–Kier alpha value is -3.95. The van der Waals surface area contributed by atoms with E-state index in [2.05, 4.69) is 15.3 Å². The zero-order valence-corrected chi connectivity index (χ0v) is 15.0. The van der Waals surface area contributed by atoms with E-state index in [0.717, 1.165) is 6.07 Å². The van der Waals surface area contributed by atoms with Crippen molar-refractivity contribution in [3.63, 3.8) is 0 Å². The van der Waals surface area contributed by atoms with E-state index in [0.29, 0.717) is 34.7 Å². The molecule has 4 aromatic rings. The molecule has 6 nitrogen and oxygen atoms in total. The molecule has 1 N–H and O–H groups in total. The van der Waals surface area contributed by atoms with Crippen LogP contribution in [0.15, 0.2) is 67.3 Å². The molecule has 0 aliphatic rings. The van der Waals surface area contributed by atoms with Crippen LogP contribution in [0.3, 0.4) is 0 Å². The average molecular weight is 416 g/mol. The average Bonchev–Trinajstić information content (AvgIpc) is 3.13. The highest BCUT2D eigenvalue weighted by atomic mass is 19.4. The molecule has 0 aliphatic carbocycles. The molecule has 30 heavy (non-hydrogen) atoms. The summed E-state index contributed by atoms with van der Waals surface area (Å²) >= 11 is 0. The van der Waals surface area contributed by atoms with Gasteiger partial charge in [-0.3, -0.25) is 4.57 Å². The Balaban J connectivity index is 1.57. The topological polar surface area (TPSA) is 69.0 Å². The third-order valence-corrected chi connectivity index (χ3v) is 4.18. The Bertz CT molecular complexity index is 1220. The predicted octanol–water partition coefficient (Wildman–Crippen LogP) is 5.46. The largest absolute Gasteiger partial charge is 0.439 e. The van der Waals surface area contributed by atoms with Gasteiger partial charge in [0.2, 0.25) is 5.88 Å². The lowest BCUT2D eigenvalue weighted by Gasteiger charge is -2.12. The molecule has 1 amide bonds. The second kappa shape index (κ2) is 7.47. The molecule has 0 saturated heterocycles. The van der Waals surface area contributed by atoms with Gasteiger partial charge in [-0.15, -0.1) is 0 Å². The second-order valence-electron chi connectivity index (χ2n) is 6.18. The number of hydrogen-bond donors (Lipinski definition) is 1. The summed E-state index contributed by atoms with van der Waals surface area (Å²) < 4.78 is 58.8. The maximum Gasteiger partial charge on any atom is 0.419 e. The van der Waals surface area contributed by atoms with Crippen LogP contribution in [0.25, 0.3) is 10.9 Å². The Morgan fingerprint density at radius 2 is 1.90 bits per heavy atom. The molecule has 152 valence electrons. The van der Waals surface area contributed by atoms with Gasteiger partial charge in [0.25, 0.3) is 0 Å². The molecular weight excluding hydrogens is 404 g/mol. The zero-order chi connectivity index (χ0) is 21.3. The first-order chi connectivity index (χ1) is 14.3. The molecule has 2 aromatic carbocycles. The van der Waals surface area contributed by atoms with Crippen LogP contribution in [0.2, 0.25) is 0 Å². The van der Waals surface area contributed by atoms with Gasteiger partial charge in [0.1, 0.15) is 17.9 Å². The van der Waals surface area contributed by atoms with Crippen molar-refractivity contribution in [3.05, 3.63) is 78.6 Å². The smallest absolute Gasteiger partial charge is 0.419 e. The zero-order valence-electron chi connectivity index (χ0n) is 15.0. The molecular formula is C20H12F4N4O2. The lowest BCUT2D eigenvalue weighted by Crippen LogP contribution is -2.19. The minimum Gasteiger partial charge on any atom is -0.439 e. The molecule has 0 fully saturated rings. The number of rotatable bonds is 3. The van der Waals surface area contributed by atoms with E-state index in [9.17, 15) is 22.4 Å². The molecule has 0 atom stereocenters. The van der Waals surface area contributed by atoms with Crippen LogP contribution in [0, 0.1) is 5.82 Å². The number of carbonyl (C=O) groups is 1. The number of anilines is 1. The van der Waals surface area contributed by atoms with Crippen LogP contribution in [-0.2, 0) is 6.18 Å². The number of nitrogens with zero attached hydrogens (tertiary/aromatic N) is 3. The molecule has 10 heteroatoms. The molecule has 0 bridgehead atoms. The maximum atomic E-state index is 13.4. The number of alkyl halides is 3. The molecule has 2 aromatic heterocycles. The van der Waals surface area contributed by atoms with Gasteiger partial charge >= 0.3 is 12.2 Å². The number of benzene rings is 2. The summed E-state index contributed by atoms with van der Waals surface area (Å²) in [6.45, 7) is 0. The van der Waals surface area contributed by atoms with Gasteiger partial charge in [-0.25, -0.2) is 19.2 Å². The van der Waals surface area contributed by atoms with Crippen molar-refractivity contribution in [1.29, 1.82) is 0 Å². The van der Waals surface area contributed by atoms with Crippen molar-refractivity contribution >= 4 is 22.6 Å². The summed E-state index contributed by atoms with van der Waals surface area (Å²) in [6, 6.07) is 9.71. The first-order valence-corrected chi connectivity index (χ1v) is 8.54. The molecule has 0 spiro atoms. The summed E-state index contributed by atoms with van der Waals surface area (Å²) in [5.41, 5.74) is -1.14. The highest BCUT2D eigenvalue weighted by Gasteiger charge is 2.34. The van der Waals surface area contributed by atoms with Crippen molar-refractivity contribution < 1.29 is 27.1 Å². The first kappa shape index (κ1) is 19.4. The van der Waals surface area contributed by atoms with Gasteiger partial charge in [-0.1, -0.05) is 0 Å². The van der Waals surface area contributed by atoms with Gasteiger partial charge in [0, 0.05) is 29.5 Å². The summed E-state index contributed by atoms with van der Waals surface area (Å²) in [4.78, 5) is 20.3. The number of amides is 1. The normalized spacial score (nSPS) is 11.5. The summed E-state index contributed by atoms with van der Waals surface area (Å²) in [5.74, 6) is -0.589. The molecule has 0 aliphatic heterocycles. The van der Waals surface area contributed by atoms with Crippen LogP contribution in [-0.4, -0.2) is 20.6 Å². The number of ether oxygens (including phenoxy) is 1. The van der Waals surface area contributed by atoms with E-state index in [1.807, 2.05) is 0 Å². The molecule has 0 radical (unpaired) electrons. The number of halogens is 4. The minimum absolute atomic E-state index is 0.181. The van der Waals surface area contributed by atoms with Crippen LogP contribution >= 0.6 is 0 Å². The summed E-state index contributed by atoms with van der Waals surface area (Å²) in [6.07, 6.45) is -0.538. The fraction of sp³-hybridized carbons (Fsp3) is 0.0500. The van der Waals surface area contributed by atoms with Gasteiger partial charge in [0.15, 0.2) is 0 Å². The Kier molecular flexibility index (Phi) is 4.82. The van der Waals surface area contributed by atoms with Crippen molar-refractivity contribution in [1.82, 2.24) is 14.5 Å². The first-order valence-electron chi connectivity index (χ1n) is 8.54. The SMILES string of the molecule is O=C(Nc1ccc(F)c(C(F)(F)F)c1)n1ccc2cc(Oc3ccncn3)ccc21. The monoisotopic (exact) mass is 416 g/mol. The predicted molar refractivity (Wildman–Crippen MR) is 99.9 cm³/mol. The Morgan fingerprint density at radius 1 is 1.07 bits per heavy atom. The number of fused-ring (bicyclic) bond motifs is 1. The van der Waals surface area contributed by atoms with Gasteiger partial charge < -0.3 is 10.1 Å². The highest BCUT2D eigenvalue weighted by Crippen LogP contribution is 2.33. The van der Waals surface area contributed by atoms with Crippen molar-refractivity contribution in [2.24, 2.45) is 0 Å². The summed E-state index contributed by atoms with van der Waals surface area (Å²) in [5, 5.41) is 3.00. The van der Waals surface area contributed by atoms with Gasteiger partial charge in [-0.2, -0.15) is 13.2 Å². The third kappa shape index (κ3) is 3.93. The quantitative estimate of drug-likeness (QED) is 0.450. The fourth-order valence-electron chi connectivity index (χ4n) is 2.82. The van der Waals surface area contributed by atoms with E-state index in [1.165, 1.54) is 23.3 Å². The molecule has 0 saturated carbocycles. The van der Waals surface area contributed by atoms with Crippen LogP contribution in [0.1, 0.15) is 5.56 Å². The van der Waals surface area contributed by atoms with Crippen molar-refractivity contribution in [3.8, 4) is 11.6 Å². The van der Waals surface area contributed by atoms with E-state index >= 15 is 0 Å². The van der Waals surface area contributed by atoms with E-state index in [1.54, 1.807) is 30.3 Å². The molecule has 0 unspecified atom stereocenters. The molecule has 4 rings (SSSR count). The fourth-order valence-corrected chi connectivity index (χ4v) is 2.82. The van der Waals surface area contributed by atoms with E-state index < -0.39 is 23.6 Å². The lowest BCUT2D eigenvalue weighted by atomic mass is 10.2. The standard InChI is InChI=1S/C20H12F4N4O2/c21-16-3-1-13(10-15(16)20(22,23)24)27-19(29)28-8-6-12-9-14(2-4-17(12)28)30-18-5-7-25-11-26-18/h1-11H,(H,27,29). The van der Waals surface area contributed by atoms with Crippen LogP contribution < -0.4 is 10.1 Å². The number of nitrogens with one attached hydrogen (secondary N) is 1. The minimum atomic E-state index is -4.87. The lowest BCUT2D eigenvalue weighted by molar-refractivity contribution is -0.139. The van der Waals surface area contributed by atoms with E-state index in [-0.39, 0.29) is 5.69 Å². The van der Waals surface area contributed by atoms with Gasteiger partial charge in [0.05, 0.1) is 11.1 Å². The Labute approximate surface area is 166 Å². The second-order valence-corrected chi connectivity index (χ2v) is 6.18. The van der Waals surface area contributed by atoms with Crippen molar-refractivity contribution in [2.45, 2.75) is 6.18 Å². The Morgan fingerprint density at radius 3 is 2.63 bits per heavy atom. The van der Waals surface area contributed by atoms with Crippen LogP contribution in [0.5, 0.6) is 11.6 Å². The highest BCUT2D eigenvalue weighted by molar-refractivity contribution is 5.98. The number of hydrogen-bond acceptors (Lipinski definition) is 4. The maximum absolute atomic E-state index is 13.4. The van der Waals surface area contributed by atoms with Crippen LogP contribution in [0.4, 0.5) is 28.0 Å². The van der Waals surface area contributed by atoms with Crippen molar-refractivity contribution in [2.75, 3.05) is 5.32 Å². The third-order valence-electron chi connectivity index (χ3n) is 4.18. The molecule has 2 heterocycles. The number of aromatic nitrogens is 3.